The van der Waals surface area contributed by atoms with E-state index in [0.717, 1.165) is 0 Å². The highest BCUT2D eigenvalue weighted by molar-refractivity contribution is 6.30. The van der Waals surface area contributed by atoms with E-state index in [1.807, 2.05) is 6.07 Å². The van der Waals surface area contributed by atoms with Gasteiger partial charge in [-0.15, -0.1) is 0 Å². The molecule has 0 aliphatic rings. The molecule has 0 atom stereocenters. The number of hydrogen-bond donors (Lipinski definition) is 2. The number of nitriles is 1. The predicted molar refractivity (Wildman–Crippen MR) is 99.8 cm³/mol. The lowest BCUT2D eigenvalue weighted by atomic mass is 10.1. The number of nitrogens with zero attached hydrogens (tertiary/aromatic N) is 1. The van der Waals surface area contributed by atoms with Crippen molar-refractivity contribution in [3.8, 4) is 17.6 Å². The summed E-state index contributed by atoms with van der Waals surface area (Å²) in [4.78, 5) is 22.9. The van der Waals surface area contributed by atoms with Crippen LogP contribution in [0.25, 0.3) is 6.08 Å². The van der Waals surface area contributed by atoms with E-state index in [4.69, 9.17) is 26.2 Å². The Balaban J connectivity index is 2.20. The van der Waals surface area contributed by atoms with E-state index in [1.165, 1.54) is 25.3 Å². The maximum atomic E-state index is 12.3. The number of carbonyl (C=O) groups is 2. The zero-order chi connectivity index (χ0) is 19.8. The average Bonchev–Trinajstić information content (AvgIpc) is 2.66. The molecule has 0 unspecified atom stereocenters. The first kappa shape index (κ1) is 19.8. The monoisotopic (exact) mass is 386 g/mol. The van der Waals surface area contributed by atoms with E-state index in [9.17, 15) is 14.9 Å². The molecule has 138 valence electrons. The van der Waals surface area contributed by atoms with Crippen molar-refractivity contribution in [2.45, 2.75) is 0 Å². The van der Waals surface area contributed by atoms with Crippen LogP contribution >= 0.6 is 11.6 Å². The molecule has 2 aromatic carbocycles. The number of rotatable bonds is 7. The minimum atomic E-state index is -1.12. The molecule has 2 N–H and O–H groups in total. The van der Waals surface area contributed by atoms with Crippen molar-refractivity contribution in [1.29, 1.82) is 5.26 Å². The van der Waals surface area contributed by atoms with E-state index in [2.05, 4.69) is 5.32 Å². The van der Waals surface area contributed by atoms with Crippen LogP contribution in [0.4, 0.5) is 5.69 Å². The number of carboxylic acid groups (broad SMARTS) is 1. The van der Waals surface area contributed by atoms with Crippen molar-refractivity contribution >= 4 is 35.2 Å². The number of nitrogens with one attached hydrogen (secondary N) is 1. The average molecular weight is 387 g/mol. The summed E-state index contributed by atoms with van der Waals surface area (Å²) in [6.45, 7) is -0.515. The number of amides is 1. The standard InChI is InChI=1S/C19H15ClN2O5/c1-26-17-9-12(2-7-16(17)27-11-18(23)24)8-13(10-21)19(25)22-15-5-3-14(20)4-6-15/h2-9H,11H2,1H3,(H,22,25)(H,23,24)/b13-8-. The highest BCUT2D eigenvalue weighted by atomic mass is 35.5. The molecule has 0 aliphatic carbocycles. The van der Waals surface area contributed by atoms with Gasteiger partial charge in [-0.3, -0.25) is 4.79 Å². The summed E-state index contributed by atoms with van der Waals surface area (Å²) < 4.78 is 10.3. The molecule has 1 amide bonds. The lowest BCUT2D eigenvalue weighted by molar-refractivity contribution is -0.139. The largest absolute Gasteiger partial charge is 0.493 e. The van der Waals surface area contributed by atoms with Crippen molar-refractivity contribution in [2.24, 2.45) is 0 Å². The van der Waals surface area contributed by atoms with Crippen LogP contribution in [-0.4, -0.2) is 30.7 Å². The van der Waals surface area contributed by atoms with Gasteiger partial charge in [0.05, 0.1) is 7.11 Å². The van der Waals surface area contributed by atoms with Gasteiger partial charge >= 0.3 is 5.97 Å². The fourth-order valence-electron chi connectivity index (χ4n) is 2.08. The SMILES string of the molecule is COc1cc(/C=C(/C#N)C(=O)Nc2ccc(Cl)cc2)ccc1OCC(=O)O. The fourth-order valence-corrected chi connectivity index (χ4v) is 2.21. The van der Waals surface area contributed by atoms with Crippen LogP contribution in [0.15, 0.2) is 48.0 Å². The van der Waals surface area contributed by atoms with Gasteiger partial charge in [-0.2, -0.15) is 5.26 Å². The number of aliphatic carboxylic acids is 1. The zero-order valence-electron chi connectivity index (χ0n) is 14.2. The second-order valence-corrected chi connectivity index (χ2v) is 5.66. The van der Waals surface area contributed by atoms with Crippen LogP contribution in [0.5, 0.6) is 11.5 Å². The third kappa shape index (κ3) is 5.76. The molecule has 0 saturated carbocycles. The molecule has 2 rings (SSSR count). The van der Waals surface area contributed by atoms with Crippen molar-refractivity contribution in [1.82, 2.24) is 0 Å². The van der Waals surface area contributed by atoms with Gasteiger partial charge in [-0.1, -0.05) is 17.7 Å². The molecule has 0 aromatic heterocycles. The Kier molecular flexibility index (Phi) is 6.80. The maximum absolute atomic E-state index is 12.3. The summed E-state index contributed by atoms with van der Waals surface area (Å²) in [5.41, 5.74) is 0.893. The summed E-state index contributed by atoms with van der Waals surface area (Å²) in [5, 5.41) is 21.1. The van der Waals surface area contributed by atoms with Crippen LogP contribution in [0, 0.1) is 11.3 Å². The molecule has 0 heterocycles. The Labute approximate surface area is 160 Å². The van der Waals surface area contributed by atoms with Crippen LogP contribution in [0.1, 0.15) is 5.56 Å². The molecule has 0 saturated heterocycles. The minimum absolute atomic E-state index is 0.119. The van der Waals surface area contributed by atoms with Crippen molar-refractivity contribution in [2.75, 3.05) is 19.0 Å². The summed E-state index contributed by atoms with van der Waals surface area (Å²) in [5.74, 6) is -1.18. The van der Waals surface area contributed by atoms with E-state index in [1.54, 1.807) is 30.3 Å². The van der Waals surface area contributed by atoms with Gasteiger partial charge in [0.1, 0.15) is 11.6 Å². The number of benzene rings is 2. The number of hydrogen-bond acceptors (Lipinski definition) is 5. The Morgan fingerprint density at radius 3 is 2.52 bits per heavy atom. The first-order valence-corrected chi connectivity index (χ1v) is 8.02. The summed E-state index contributed by atoms with van der Waals surface area (Å²) in [6.07, 6.45) is 1.38. The van der Waals surface area contributed by atoms with E-state index in [0.29, 0.717) is 16.3 Å². The van der Waals surface area contributed by atoms with Crippen molar-refractivity contribution < 1.29 is 24.2 Å². The number of methoxy groups -OCH3 is 1. The third-order valence-corrected chi connectivity index (χ3v) is 3.57. The van der Waals surface area contributed by atoms with Crippen LogP contribution in [-0.2, 0) is 9.59 Å². The number of carboxylic acids is 1. The van der Waals surface area contributed by atoms with Crippen LogP contribution in [0.2, 0.25) is 5.02 Å². The molecule has 8 heteroatoms. The Hall–Kier alpha value is -3.50. The second kappa shape index (κ2) is 9.27. The Bertz CT molecular complexity index is 917. The van der Waals surface area contributed by atoms with Gasteiger partial charge in [-0.25, -0.2) is 4.79 Å². The van der Waals surface area contributed by atoms with Crippen LogP contribution in [0.3, 0.4) is 0 Å². The highest BCUT2D eigenvalue weighted by Gasteiger charge is 2.12. The number of anilines is 1. The first-order valence-electron chi connectivity index (χ1n) is 7.64. The Morgan fingerprint density at radius 1 is 1.22 bits per heavy atom. The quantitative estimate of drug-likeness (QED) is 0.558. The molecular formula is C19H15ClN2O5. The van der Waals surface area contributed by atoms with E-state index < -0.39 is 18.5 Å². The molecule has 0 fully saturated rings. The Morgan fingerprint density at radius 2 is 1.93 bits per heavy atom. The van der Waals surface area contributed by atoms with Crippen molar-refractivity contribution in [3.05, 3.63) is 58.6 Å². The first-order chi connectivity index (χ1) is 12.9. The van der Waals surface area contributed by atoms with Gasteiger partial charge in [-0.05, 0) is 48.0 Å². The van der Waals surface area contributed by atoms with E-state index >= 15 is 0 Å². The lowest BCUT2D eigenvalue weighted by Crippen LogP contribution is -2.13. The maximum Gasteiger partial charge on any atom is 0.341 e. The van der Waals surface area contributed by atoms with Crippen LogP contribution < -0.4 is 14.8 Å². The topological polar surface area (TPSA) is 109 Å². The molecule has 27 heavy (non-hydrogen) atoms. The van der Waals surface area contributed by atoms with Gasteiger partial charge in [0.2, 0.25) is 0 Å². The van der Waals surface area contributed by atoms with Gasteiger partial charge in [0.15, 0.2) is 18.1 Å². The number of ether oxygens (including phenoxy) is 2. The number of carbonyl (C=O) groups excluding carboxylic acids is 1. The van der Waals surface area contributed by atoms with Gasteiger partial charge < -0.3 is 19.9 Å². The van der Waals surface area contributed by atoms with Gasteiger partial charge in [0, 0.05) is 10.7 Å². The minimum Gasteiger partial charge on any atom is -0.493 e. The molecule has 0 radical (unpaired) electrons. The predicted octanol–water partition coefficient (Wildman–Crippen LogP) is 3.36. The molecule has 0 aliphatic heterocycles. The molecule has 0 bridgehead atoms. The lowest BCUT2D eigenvalue weighted by Gasteiger charge is -2.10. The molecule has 7 nitrogen and oxygen atoms in total. The van der Waals surface area contributed by atoms with E-state index in [-0.39, 0.29) is 17.1 Å². The van der Waals surface area contributed by atoms with Gasteiger partial charge in [0.25, 0.3) is 5.91 Å². The number of halogens is 1. The van der Waals surface area contributed by atoms with Crippen molar-refractivity contribution in [3.63, 3.8) is 0 Å². The molecule has 0 spiro atoms. The third-order valence-electron chi connectivity index (χ3n) is 3.32. The normalized spacial score (nSPS) is 10.6. The highest BCUT2D eigenvalue weighted by Crippen LogP contribution is 2.29. The fraction of sp³-hybridized carbons (Fsp3) is 0.105. The summed E-state index contributed by atoms with van der Waals surface area (Å²) >= 11 is 5.80. The molecule has 2 aromatic rings. The summed E-state index contributed by atoms with van der Waals surface area (Å²) in [7, 11) is 1.40. The molecular weight excluding hydrogens is 372 g/mol. The summed E-state index contributed by atoms with van der Waals surface area (Å²) in [6, 6.07) is 12.9. The zero-order valence-corrected chi connectivity index (χ0v) is 15.0. The smallest absolute Gasteiger partial charge is 0.341 e. The second-order valence-electron chi connectivity index (χ2n) is 5.22.